The number of nitrogens with one attached hydrogen (secondary N) is 2. The van der Waals surface area contributed by atoms with Crippen molar-refractivity contribution in [3.05, 3.63) is 83.3 Å². The molecule has 1 aromatic carbocycles. The summed E-state index contributed by atoms with van der Waals surface area (Å²) in [7, 11) is 0. The van der Waals surface area contributed by atoms with E-state index < -0.39 is 36.0 Å². The molecule has 1 fully saturated rings. The molecule has 10 nitrogen and oxygen atoms in total. The van der Waals surface area contributed by atoms with Gasteiger partial charge in [-0.3, -0.25) is 9.59 Å². The Morgan fingerprint density at radius 3 is 2.77 bits per heavy atom. The second-order valence-corrected chi connectivity index (χ2v) is 9.75. The Hall–Kier alpha value is -4.48. The highest BCUT2D eigenvalue weighted by molar-refractivity contribution is 5.89. The van der Waals surface area contributed by atoms with Crippen LogP contribution in [0.5, 0.6) is 0 Å². The second kappa shape index (κ2) is 11.1. The van der Waals surface area contributed by atoms with Crippen LogP contribution in [0.25, 0.3) is 11.3 Å². The molecule has 3 unspecified atom stereocenters. The smallest absolute Gasteiger partial charge is 0.243 e. The summed E-state index contributed by atoms with van der Waals surface area (Å²) in [6, 6.07) is 10.2. The Kier molecular flexibility index (Phi) is 7.44. The van der Waals surface area contributed by atoms with Gasteiger partial charge in [0.1, 0.15) is 12.2 Å². The molecule has 1 aliphatic heterocycles. The fraction of sp³-hybridized carbons (Fsp3) is 0.333. The van der Waals surface area contributed by atoms with E-state index in [1.165, 1.54) is 17.3 Å². The van der Waals surface area contributed by atoms with E-state index in [2.05, 4.69) is 30.9 Å². The molecule has 5 rings (SSSR count). The maximum atomic E-state index is 15.0. The third-order valence-corrected chi connectivity index (χ3v) is 6.72. The minimum absolute atomic E-state index is 0.0846. The number of likely N-dealkylation sites (tertiary alicyclic amines) is 1. The lowest BCUT2D eigenvalue weighted by molar-refractivity contribution is -0.138. The minimum Gasteiger partial charge on any atom is -0.356 e. The van der Waals surface area contributed by atoms with Crippen LogP contribution in [0.15, 0.2) is 59.4 Å². The van der Waals surface area contributed by atoms with Crippen molar-refractivity contribution in [2.75, 3.05) is 6.54 Å². The number of hydrogen-bond donors (Lipinski definition) is 2. The molecule has 0 radical (unpaired) electrons. The minimum atomic E-state index is -1.36. The first-order valence-electron chi connectivity index (χ1n) is 12.6. The van der Waals surface area contributed by atoms with Crippen molar-refractivity contribution >= 4 is 11.8 Å². The number of nitrogens with zero attached hydrogens (tertiary/aromatic N) is 5. The van der Waals surface area contributed by atoms with Crippen molar-refractivity contribution < 1.29 is 22.9 Å². The van der Waals surface area contributed by atoms with Gasteiger partial charge < -0.3 is 14.7 Å². The van der Waals surface area contributed by atoms with E-state index in [0.717, 1.165) is 0 Å². The molecule has 2 N–H and O–H groups in total. The molecule has 0 bridgehead atoms. The number of carbonyl (C=O) groups is 2. The Bertz CT molecular complexity index is 1440. The van der Waals surface area contributed by atoms with Crippen LogP contribution in [0.1, 0.15) is 54.7 Å². The van der Waals surface area contributed by atoms with Crippen molar-refractivity contribution in [1.82, 2.24) is 35.8 Å². The summed E-state index contributed by atoms with van der Waals surface area (Å²) < 4.78 is 34.7. The molecule has 12 heteroatoms. The third-order valence-electron chi connectivity index (χ3n) is 6.72. The van der Waals surface area contributed by atoms with Gasteiger partial charge in [-0.2, -0.15) is 19.8 Å². The van der Waals surface area contributed by atoms with Gasteiger partial charge in [-0.15, -0.1) is 0 Å². The van der Waals surface area contributed by atoms with Crippen LogP contribution in [-0.4, -0.2) is 61.0 Å². The van der Waals surface area contributed by atoms with Gasteiger partial charge in [-0.05, 0) is 23.6 Å². The fourth-order valence-electron chi connectivity index (χ4n) is 4.73. The van der Waals surface area contributed by atoms with Gasteiger partial charge in [0.15, 0.2) is 5.76 Å². The molecular weight excluding hydrogens is 508 g/mol. The normalized spacial score (nSPS) is 17.9. The summed E-state index contributed by atoms with van der Waals surface area (Å²) in [6.45, 7) is 3.51. The number of carbonyl (C=O) groups excluding carboxylic acids is 2. The molecule has 1 saturated heterocycles. The molecular formula is C27H27F2N7O3. The molecule has 0 spiro atoms. The topological polar surface area (TPSA) is 130 Å². The first kappa shape index (κ1) is 26.1. The number of aromatic amines is 1. The molecule has 0 aliphatic carbocycles. The van der Waals surface area contributed by atoms with Crippen LogP contribution in [0, 0.1) is 5.95 Å². The van der Waals surface area contributed by atoms with Crippen LogP contribution in [-0.2, 0) is 16.0 Å². The van der Waals surface area contributed by atoms with Crippen molar-refractivity contribution in [2.24, 2.45) is 0 Å². The van der Waals surface area contributed by atoms with E-state index >= 15 is 0 Å². The molecule has 4 aromatic rings. The number of alkyl halides is 1. The van der Waals surface area contributed by atoms with Gasteiger partial charge in [0.2, 0.25) is 17.8 Å². The van der Waals surface area contributed by atoms with Gasteiger partial charge in [-0.1, -0.05) is 43.3 Å². The third kappa shape index (κ3) is 5.69. The lowest BCUT2D eigenvalue weighted by atomic mass is 9.97. The van der Waals surface area contributed by atoms with Gasteiger partial charge >= 0.3 is 0 Å². The highest BCUT2D eigenvalue weighted by atomic mass is 19.1. The summed E-state index contributed by atoms with van der Waals surface area (Å²) in [5.41, 5.74) is 2.37. The number of halogens is 2. The first-order valence-corrected chi connectivity index (χ1v) is 12.6. The van der Waals surface area contributed by atoms with Crippen LogP contribution in [0.2, 0.25) is 0 Å². The molecule has 3 aromatic heterocycles. The average molecular weight is 536 g/mol. The van der Waals surface area contributed by atoms with Crippen LogP contribution < -0.4 is 5.32 Å². The summed E-state index contributed by atoms with van der Waals surface area (Å²) in [6.07, 6.45) is 1.26. The Balaban J connectivity index is 1.46. The van der Waals surface area contributed by atoms with E-state index in [0.29, 0.717) is 28.1 Å². The molecule has 2 amide bonds. The molecule has 4 heterocycles. The summed E-state index contributed by atoms with van der Waals surface area (Å²) in [5.74, 6) is -1.23. The second-order valence-electron chi connectivity index (χ2n) is 9.75. The lowest BCUT2D eigenvalue weighted by Crippen LogP contribution is -2.47. The van der Waals surface area contributed by atoms with Crippen molar-refractivity contribution in [3.8, 4) is 11.3 Å². The zero-order valence-electron chi connectivity index (χ0n) is 21.3. The van der Waals surface area contributed by atoms with Gasteiger partial charge in [0.05, 0.1) is 42.8 Å². The van der Waals surface area contributed by atoms with Crippen LogP contribution in [0.4, 0.5) is 8.78 Å². The fourth-order valence-corrected chi connectivity index (χ4v) is 4.73. The number of amides is 2. The number of pyridine rings is 1. The van der Waals surface area contributed by atoms with E-state index in [-0.39, 0.29) is 31.0 Å². The predicted molar refractivity (Wildman–Crippen MR) is 135 cm³/mol. The summed E-state index contributed by atoms with van der Waals surface area (Å²) in [5, 5.41) is 16.6. The summed E-state index contributed by atoms with van der Waals surface area (Å²) >= 11 is 0. The number of hydrogen-bond acceptors (Lipinski definition) is 7. The predicted octanol–water partition coefficient (Wildman–Crippen LogP) is 3.50. The van der Waals surface area contributed by atoms with E-state index in [4.69, 9.17) is 4.52 Å². The standard InChI is InChI=1S/C27H27F2N7O3/c1-15(2)20-6-7-21(32-26(20)29)25(17-5-3-4-16(10-17)23-8-9-31-39-23)33-27(38)22-11-18(28)14-36(22)24(37)12-19-13-30-35-34-19/h3-10,13,15,18,22,25H,11-12,14H2,1-2H3,(H,33,38)(H,30,34,35). The van der Waals surface area contributed by atoms with Crippen molar-refractivity contribution in [3.63, 3.8) is 0 Å². The highest BCUT2D eigenvalue weighted by Gasteiger charge is 2.40. The molecule has 3 atom stereocenters. The van der Waals surface area contributed by atoms with Crippen LogP contribution in [0.3, 0.4) is 0 Å². The Morgan fingerprint density at radius 2 is 2.08 bits per heavy atom. The number of benzene rings is 1. The van der Waals surface area contributed by atoms with Gasteiger partial charge in [-0.25, -0.2) is 9.37 Å². The Morgan fingerprint density at radius 1 is 1.23 bits per heavy atom. The lowest BCUT2D eigenvalue weighted by Gasteiger charge is -2.26. The number of aromatic nitrogens is 5. The van der Waals surface area contributed by atoms with Crippen molar-refractivity contribution in [1.29, 1.82) is 0 Å². The zero-order chi connectivity index (χ0) is 27.5. The highest BCUT2D eigenvalue weighted by Crippen LogP contribution is 2.29. The summed E-state index contributed by atoms with van der Waals surface area (Å²) in [4.78, 5) is 31.9. The molecule has 1 aliphatic rings. The maximum absolute atomic E-state index is 15.0. The largest absolute Gasteiger partial charge is 0.356 e. The first-order chi connectivity index (χ1) is 18.8. The van der Waals surface area contributed by atoms with E-state index in [1.807, 2.05) is 19.9 Å². The van der Waals surface area contributed by atoms with Gasteiger partial charge in [0.25, 0.3) is 0 Å². The average Bonchev–Trinajstić information content (AvgIpc) is 3.69. The zero-order valence-corrected chi connectivity index (χ0v) is 21.3. The Labute approximate surface area is 222 Å². The van der Waals surface area contributed by atoms with E-state index in [9.17, 15) is 18.4 Å². The molecule has 39 heavy (non-hydrogen) atoms. The molecule has 202 valence electrons. The quantitative estimate of drug-likeness (QED) is 0.330. The number of rotatable bonds is 8. The maximum Gasteiger partial charge on any atom is 0.243 e. The van der Waals surface area contributed by atoms with E-state index in [1.54, 1.807) is 36.4 Å². The molecule has 0 saturated carbocycles. The van der Waals surface area contributed by atoms with Crippen LogP contribution >= 0.6 is 0 Å². The van der Waals surface area contributed by atoms with Crippen molar-refractivity contribution in [2.45, 2.75) is 50.9 Å². The SMILES string of the molecule is CC(C)c1ccc(C(NC(=O)C2CC(F)CN2C(=O)Cc2cn[nH]n2)c2cccc(-c3ccno3)c2)nc1F. The van der Waals surface area contributed by atoms with Gasteiger partial charge in [0, 0.05) is 23.6 Å². The monoisotopic (exact) mass is 535 g/mol. The number of H-pyrrole nitrogens is 1.